The molecule has 1 amide bonds. The minimum Gasteiger partial charge on any atom is -0.497 e. The summed E-state index contributed by atoms with van der Waals surface area (Å²) in [6.07, 6.45) is 6.41. The van der Waals surface area contributed by atoms with Crippen LogP contribution in [0, 0.1) is 12.8 Å². The van der Waals surface area contributed by atoms with Crippen molar-refractivity contribution in [3.8, 4) is 5.75 Å². The Balaban J connectivity index is 1.83. The molecule has 1 aliphatic rings. The van der Waals surface area contributed by atoms with Gasteiger partial charge in [0.25, 0.3) is 5.91 Å². The van der Waals surface area contributed by atoms with Gasteiger partial charge in [-0.15, -0.1) is 0 Å². The zero-order valence-corrected chi connectivity index (χ0v) is 14.8. The van der Waals surface area contributed by atoms with Gasteiger partial charge in [0.05, 0.1) is 23.9 Å². The van der Waals surface area contributed by atoms with E-state index in [2.05, 4.69) is 4.98 Å². The predicted molar refractivity (Wildman–Crippen MR) is 96.6 cm³/mol. The van der Waals surface area contributed by atoms with Crippen LogP contribution in [0.5, 0.6) is 5.75 Å². The first-order valence-electron chi connectivity index (χ1n) is 8.79. The number of methoxy groups -OCH3 is 1. The zero-order chi connectivity index (χ0) is 17.1. The topological polar surface area (TPSA) is 42.4 Å². The maximum atomic E-state index is 12.9. The van der Waals surface area contributed by atoms with Crippen LogP contribution < -0.4 is 4.74 Å². The van der Waals surface area contributed by atoms with Crippen molar-refractivity contribution in [1.82, 2.24) is 9.88 Å². The van der Waals surface area contributed by atoms with Crippen molar-refractivity contribution in [2.24, 2.45) is 5.92 Å². The summed E-state index contributed by atoms with van der Waals surface area (Å²) < 4.78 is 5.28. The highest BCUT2D eigenvalue weighted by Crippen LogP contribution is 2.26. The van der Waals surface area contributed by atoms with E-state index in [4.69, 9.17) is 4.74 Å². The van der Waals surface area contributed by atoms with Crippen molar-refractivity contribution in [3.05, 3.63) is 35.5 Å². The first kappa shape index (κ1) is 16.7. The number of nitrogens with zero attached hydrogens (tertiary/aromatic N) is 2. The summed E-state index contributed by atoms with van der Waals surface area (Å²) in [6, 6.07) is 7.70. The molecule has 0 unspecified atom stereocenters. The van der Waals surface area contributed by atoms with Crippen molar-refractivity contribution >= 4 is 16.8 Å². The Labute approximate surface area is 143 Å². The highest BCUT2D eigenvalue weighted by Gasteiger charge is 2.21. The van der Waals surface area contributed by atoms with Crippen LogP contribution in [0.2, 0.25) is 0 Å². The van der Waals surface area contributed by atoms with Crippen LogP contribution in [0.25, 0.3) is 10.9 Å². The molecule has 128 valence electrons. The van der Waals surface area contributed by atoms with Crippen molar-refractivity contribution in [2.75, 3.05) is 20.7 Å². The highest BCUT2D eigenvalue weighted by atomic mass is 16.5. The molecule has 0 aliphatic heterocycles. The Morgan fingerprint density at radius 1 is 1.25 bits per heavy atom. The molecule has 0 atom stereocenters. The largest absolute Gasteiger partial charge is 0.497 e. The highest BCUT2D eigenvalue weighted by molar-refractivity contribution is 5.98. The van der Waals surface area contributed by atoms with E-state index < -0.39 is 0 Å². The molecule has 1 fully saturated rings. The van der Waals surface area contributed by atoms with Gasteiger partial charge in [-0.1, -0.05) is 19.3 Å². The molecule has 1 saturated carbocycles. The average Bonchev–Trinajstić information content (AvgIpc) is 2.61. The Morgan fingerprint density at radius 3 is 2.71 bits per heavy atom. The first-order chi connectivity index (χ1) is 11.6. The Morgan fingerprint density at radius 2 is 2.00 bits per heavy atom. The van der Waals surface area contributed by atoms with Crippen LogP contribution in [-0.4, -0.2) is 36.5 Å². The smallest absolute Gasteiger partial charge is 0.255 e. The number of amides is 1. The summed E-state index contributed by atoms with van der Waals surface area (Å²) in [7, 11) is 3.55. The monoisotopic (exact) mass is 326 g/mol. The molecule has 0 bridgehead atoms. The van der Waals surface area contributed by atoms with E-state index in [0.717, 1.165) is 28.9 Å². The van der Waals surface area contributed by atoms with Crippen LogP contribution in [0.15, 0.2) is 24.3 Å². The van der Waals surface area contributed by atoms with Crippen LogP contribution in [0.3, 0.4) is 0 Å². The van der Waals surface area contributed by atoms with E-state index in [0.29, 0.717) is 11.5 Å². The standard InChI is InChI=1S/C20H26N2O2/c1-14-18(12-16-11-17(24-3)9-10-19(16)21-14)20(23)22(2)13-15-7-5-4-6-8-15/h9-12,15H,4-8,13H2,1-3H3. The minimum absolute atomic E-state index is 0.0651. The van der Waals surface area contributed by atoms with Crippen LogP contribution >= 0.6 is 0 Å². The lowest BCUT2D eigenvalue weighted by molar-refractivity contribution is 0.0759. The number of carbonyl (C=O) groups is 1. The van der Waals surface area contributed by atoms with Gasteiger partial charge in [0.2, 0.25) is 0 Å². The van der Waals surface area contributed by atoms with Crippen LogP contribution in [0.4, 0.5) is 0 Å². The molecule has 3 rings (SSSR count). The van der Waals surface area contributed by atoms with Crippen molar-refractivity contribution in [3.63, 3.8) is 0 Å². The summed E-state index contributed by atoms with van der Waals surface area (Å²) >= 11 is 0. The predicted octanol–water partition coefficient (Wildman–Crippen LogP) is 4.20. The number of carbonyl (C=O) groups excluding carboxylic acids is 1. The normalized spacial score (nSPS) is 15.5. The number of hydrogen-bond donors (Lipinski definition) is 0. The summed E-state index contributed by atoms with van der Waals surface area (Å²) in [5.74, 6) is 1.49. The maximum Gasteiger partial charge on any atom is 0.255 e. The number of aromatic nitrogens is 1. The molecule has 0 radical (unpaired) electrons. The minimum atomic E-state index is 0.0651. The first-order valence-corrected chi connectivity index (χ1v) is 8.79. The number of fused-ring (bicyclic) bond motifs is 1. The molecule has 2 aromatic rings. The molecule has 0 N–H and O–H groups in total. The molecule has 24 heavy (non-hydrogen) atoms. The Bertz CT molecular complexity index is 736. The number of benzene rings is 1. The molecule has 0 spiro atoms. The molecule has 1 aliphatic carbocycles. The van der Waals surface area contributed by atoms with Crippen molar-refractivity contribution in [1.29, 1.82) is 0 Å². The third kappa shape index (κ3) is 3.53. The van der Waals surface area contributed by atoms with Gasteiger partial charge in [0, 0.05) is 19.0 Å². The second-order valence-corrected chi connectivity index (χ2v) is 6.87. The fraction of sp³-hybridized carbons (Fsp3) is 0.500. The van der Waals surface area contributed by atoms with E-state index in [9.17, 15) is 4.79 Å². The van der Waals surface area contributed by atoms with E-state index >= 15 is 0 Å². The van der Waals surface area contributed by atoms with E-state index in [1.165, 1.54) is 32.1 Å². The fourth-order valence-corrected chi connectivity index (χ4v) is 3.64. The molecular weight excluding hydrogens is 300 g/mol. The fourth-order valence-electron chi connectivity index (χ4n) is 3.64. The van der Waals surface area contributed by atoms with Gasteiger partial charge < -0.3 is 9.64 Å². The van der Waals surface area contributed by atoms with Crippen molar-refractivity contribution in [2.45, 2.75) is 39.0 Å². The SMILES string of the molecule is COc1ccc2nc(C)c(C(=O)N(C)CC3CCCCC3)cc2c1. The number of rotatable bonds is 4. The van der Waals surface area contributed by atoms with Gasteiger partial charge in [-0.2, -0.15) is 0 Å². The van der Waals surface area contributed by atoms with Gasteiger partial charge >= 0.3 is 0 Å². The Hall–Kier alpha value is -2.10. The molecular formula is C20H26N2O2. The summed E-state index contributed by atoms with van der Waals surface area (Å²) in [5.41, 5.74) is 2.36. The van der Waals surface area contributed by atoms with Crippen LogP contribution in [0.1, 0.15) is 48.2 Å². The zero-order valence-electron chi connectivity index (χ0n) is 14.8. The molecule has 1 aromatic heterocycles. The van der Waals surface area contributed by atoms with E-state index in [1.807, 2.05) is 43.1 Å². The average molecular weight is 326 g/mol. The lowest BCUT2D eigenvalue weighted by Gasteiger charge is -2.27. The third-order valence-corrected chi connectivity index (χ3v) is 5.05. The van der Waals surface area contributed by atoms with Gasteiger partial charge in [0.1, 0.15) is 5.75 Å². The molecule has 0 saturated heterocycles. The summed E-state index contributed by atoms with van der Waals surface area (Å²) in [6.45, 7) is 2.75. The van der Waals surface area contributed by atoms with Gasteiger partial charge in [-0.3, -0.25) is 9.78 Å². The molecule has 1 heterocycles. The Kier molecular flexibility index (Phi) is 5.03. The van der Waals surface area contributed by atoms with E-state index in [1.54, 1.807) is 7.11 Å². The number of pyridine rings is 1. The second kappa shape index (κ2) is 7.20. The number of aryl methyl sites for hydroxylation is 1. The molecule has 4 nitrogen and oxygen atoms in total. The molecule has 1 aromatic carbocycles. The second-order valence-electron chi connectivity index (χ2n) is 6.87. The lowest BCUT2D eigenvalue weighted by Crippen LogP contribution is -2.33. The number of ether oxygens (including phenoxy) is 1. The lowest BCUT2D eigenvalue weighted by atomic mass is 9.89. The molecule has 4 heteroatoms. The van der Waals surface area contributed by atoms with E-state index in [-0.39, 0.29) is 5.91 Å². The summed E-state index contributed by atoms with van der Waals surface area (Å²) in [4.78, 5) is 19.4. The van der Waals surface area contributed by atoms with Gasteiger partial charge in [-0.05, 0) is 49.9 Å². The number of hydrogen-bond acceptors (Lipinski definition) is 3. The van der Waals surface area contributed by atoms with Gasteiger partial charge in [-0.25, -0.2) is 0 Å². The van der Waals surface area contributed by atoms with Crippen LogP contribution in [-0.2, 0) is 0 Å². The third-order valence-electron chi connectivity index (χ3n) is 5.05. The maximum absolute atomic E-state index is 12.9. The van der Waals surface area contributed by atoms with Gasteiger partial charge in [0.15, 0.2) is 0 Å². The quantitative estimate of drug-likeness (QED) is 0.845. The summed E-state index contributed by atoms with van der Waals surface area (Å²) in [5, 5.41) is 0.939. The van der Waals surface area contributed by atoms with Crippen molar-refractivity contribution < 1.29 is 9.53 Å².